The fraction of sp³-hybridized carbons (Fsp3) is 0.538. The van der Waals surface area contributed by atoms with Crippen LogP contribution in [0, 0.1) is 6.92 Å². The molecule has 1 N–H and O–H groups in total. The normalized spacial score (nSPS) is 21.4. The molecular weight excluding hydrogens is 234 g/mol. The van der Waals surface area contributed by atoms with Crippen LogP contribution in [-0.2, 0) is 15.6 Å². The van der Waals surface area contributed by atoms with E-state index in [1.165, 1.54) is 0 Å². The molecule has 0 radical (unpaired) electrons. The third kappa shape index (κ3) is 3.07. The summed E-state index contributed by atoms with van der Waals surface area (Å²) in [6.45, 7) is 3.51. The molecule has 0 bridgehead atoms. The molecule has 1 aromatic carbocycles. The van der Waals surface area contributed by atoms with Crippen LogP contribution in [0.1, 0.15) is 24.0 Å². The third-order valence-electron chi connectivity index (χ3n) is 3.38. The zero-order valence-corrected chi connectivity index (χ0v) is 11.0. The van der Waals surface area contributed by atoms with Crippen LogP contribution in [0.4, 0.5) is 0 Å². The van der Waals surface area contributed by atoms with Crippen molar-refractivity contribution in [3.63, 3.8) is 0 Å². The Morgan fingerprint density at radius 2 is 2.12 bits per heavy atom. The molecule has 0 aliphatic carbocycles. The maximum Gasteiger partial charge on any atom is 0.158 e. The number of benzene rings is 1. The van der Waals surface area contributed by atoms with E-state index in [1.807, 2.05) is 31.2 Å². The SMILES string of the molecule is Cc1ccccc1CS(=O)(=O)C1CCCNC1. The largest absolute Gasteiger partial charge is 0.315 e. The molecule has 1 heterocycles. The van der Waals surface area contributed by atoms with Gasteiger partial charge < -0.3 is 5.32 Å². The van der Waals surface area contributed by atoms with E-state index in [9.17, 15) is 8.42 Å². The van der Waals surface area contributed by atoms with E-state index in [0.717, 1.165) is 30.5 Å². The van der Waals surface area contributed by atoms with Crippen molar-refractivity contribution in [1.82, 2.24) is 5.32 Å². The lowest BCUT2D eigenvalue weighted by molar-refractivity contribution is 0.496. The number of piperidine rings is 1. The van der Waals surface area contributed by atoms with Crippen LogP contribution < -0.4 is 5.32 Å². The molecule has 1 saturated heterocycles. The van der Waals surface area contributed by atoms with Gasteiger partial charge in [0.05, 0.1) is 11.0 Å². The fourth-order valence-electron chi connectivity index (χ4n) is 2.23. The fourth-order valence-corrected chi connectivity index (χ4v) is 4.12. The lowest BCUT2D eigenvalue weighted by atomic mass is 10.1. The smallest absolute Gasteiger partial charge is 0.158 e. The predicted octanol–water partition coefficient (Wildman–Crippen LogP) is 1.66. The summed E-state index contributed by atoms with van der Waals surface area (Å²) in [6, 6.07) is 7.71. The minimum atomic E-state index is -3.02. The average molecular weight is 253 g/mol. The van der Waals surface area contributed by atoms with Crippen molar-refractivity contribution in [2.45, 2.75) is 30.8 Å². The van der Waals surface area contributed by atoms with Crippen LogP contribution in [0.3, 0.4) is 0 Å². The molecule has 1 aliphatic rings. The Balaban J connectivity index is 2.14. The van der Waals surface area contributed by atoms with Gasteiger partial charge in [0.2, 0.25) is 0 Å². The van der Waals surface area contributed by atoms with Gasteiger partial charge in [-0.25, -0.2) is 8.42 Å². The maximum absolute atomic E-state index is 12.3. The van der Waals surface area contributed by atoms with Gasteiger partial charge in [0.25, 0.3) is 0 Å². The lowest BCUT2D eigenvalue weighted by Crippen LogP contribution is -2.39. The number of aryl methyl sites for hydroxylation is 1. The first-order valence-electron chi connectivity index (χ1n) is 6.06. The summed E-state index contributed by atoms with van der Waals surface area (Å²) in [5, 5.41) is 2.95. The van der Waals surface area contributed by atoms with E-state index in [1.54, 1.807) is 0 Å². The molecule has 0 saturated carbocycles. The highest BCUT2D eigenvalue weighted by Crippen LogP contribution is 2.18. The second-order valence-corrected chi connectivity index (χ2v) is 6.98. The standard InChI is InChI=1S/C13H19NO2S/c1-11-5-2-3-6-12(11)10-17(15,16)13-7-4-8-14-9-13/h2-3,5-6,13-14H,4,7-10H2,1H3. The molecule has 94 valence electrons. The van der Waals surface area contributed by atoms with E-state index in [4.69, 9.17) is 0 Å². The zero-order valence-electron chi connectivity index (χ0n) is 10.1. The van der Waals surface area contributed by atoms with Gasteiger partial charge in [-0.2, -0.15) is 0 Å². The number of hydrogen-bond acceptors (Lipinski definition) is 3. The molecule has 17 heavy (non-hydrogen) atoms. The van der Waals surface area contributed by atoms with Gasteiger partial charge in [0.1, 0.15) is 0 Å². The van der Waals surface area contributed by atoms with E-state index < -0.39 is 9.84 Å². The molecule has 1 fully saturated rings. The van der Waals surface area contributed by atoms with Gasteiger partial charge in [-0.3, -0.25) is 0 Å². The van der Waals surface area contributed by atoms with Crippen LogP contribution in [0.25, 0.3) is 0 Å². The lowest BCUT2D eigenvalue weighted by Gasteiger charge is -2.23. The molecule has 1 aliphatic heterocycles. The Labute approximate surface area is 103 Å². The summed E-state index contributed by atoms with van der Waals surface area (Å²) < 4.78 is 24.5. The Morgan fingerprint density at radius 3 is 2.76 bits per heavy atom. The number of rotatable bonds is 3. The van der Waals surface area contributed by atoms with Crippen molar-refractivity contribution in [2.75, 3.05) is 13.1 Å². The van der Waals surface area contributed by atoms with Crippen LogP contribution in [0.15, 0.2) is 24.3 Å². The summed E-state index contributed by atoms with van der Waals surface area (Å²) in [5.41, 5.74) is 1.98. The predicted molar refractivity (Wildman–Crippen MR) is 69.7 cm³/mol. The molecule has 0 spiro atoms. The Bertz CT molecular complexity index is 476. The van der Waals surface area contributed by atoms with Crippen LogP contribution in [-0.4, -0.2) is 26.8 Å². The van der Waals surface area contributed by atoms with E-state index in [2.05, 4.69) is 5.32 Å². The quantitative estimate of drug-likeness (QED) is 0.891. The first-order chi connectivity index (χ1) is 8.09. The van der Waals surface area contributed by atoms with Gasteiger partial charge >= 0.3 is 0 Å². The Hall–Kier alpha value is -0.870. The van der Waals surface area contributed by atoms with Crippen molar-refractivity contribution in [2.24, 2.45) is 0 Å². The van der Waals surface area contributed by atoms with Gasteiger partial charge in [-0.15, -0.1) is 0 Å². The van der Waals surface area contributed by atoms with Gasteiger partial charge in [0.15, 0.2) is 9.84 Å². The Kier molecular flexibility index (Phi) is 3.84. The van der Waals surface area contributed by atoms with Crippen molar-refractivity contribution in [3.05, 3.63) is 35.4 Å². The van der Waals surface area contributed by atoms with Crippen LogP contribution in [0.5, 0.6) is 0 Å². The zero-order chi connectivity index (χ0) is 12.3. The topological polar surface area (TPSA) is 46.2 Å². The molecule has 3 nitrogen and oxygen atoms in total. The highest BCUT2D eigenvalue weighted by Gasteiger charge is 2.27. The van der Waals surface area contributed by atoms with E-state index >= 15 is 0 Å². The minimum absolute atomic E-state index is 0.173. The molecule has 4 heteroatoms. The van der Waals surface area contributed by atoms with Gasteiger partial charge in [-0.05, 0) is 37.4 Å². The molecule has 2 rings (SSSR count). The minimum Gasteiger partial charge on any atom is -0.315 e. The number of hydrogen-bond donors (Lipinski definition) is 1. The monoisotopic (exact) mass is 253 g/mol. The van der Waals surface area contributed by atoms with Crippen molar-refractivity contribution in [3.8, 4) is 0 Å². The maximum atomic E-state index is 12.3. The summed E-state index contributed by atoms with van der Waals surface area (Å²) in [6.07, 6.45) is 1.75. The summed E-state index contributed by atoms with van der Waals surface area (Å²) in [7, 11) is -3.02. The molecule has 1 unspecified atom stereocenters. The summed E-state index contributed by atoms with van der Waals surface area (Å²) in [5.74, 6) is 0.173. The first kappa shape index (κ1) is 12.6. The molecule has 0 amide bonds. The van der Waals surface area contributed by atoms with E-state index in [-0.39, 0.29) is 11.0 Å². The molecule has 1 aromatic rings. The average Bonchev–Trinajstić information content (AvgIpc) is 2.33. The summed E-state index contributed by atoms with van der Waals surface area (Å²) >= 11 is 0. The first-order valence-corrected chi connectivity index (χ1v) is 7.78. The second kappa shape index (κ2) is 5.19. The Morgan fingerprint density at radius 1 is 1.35 bits per heavy atom. The molecular formula is C13H19NO2S. The number of nitrogens with one attached hydrogen (secondary N) is 1. The molecule has 0 aromatic heterocycles. The summed E-state index contributed by atoms with van der Waals surface area (Å²) in [4.78, 5) is 0. The third-order valence-corrected chi connectivity index (χ3v) is 5.51. The van der Waals surface area contributed by atoms with Crippen LogP contribution >= 0.6 is 0 Å². The van der Waals surface area contributed by atoms with Gasteiger partial charge in [0, 0.05) is 6.54 Å². The number of sulfone groups is 1. The van der Waals surface area contributed by atoms with Crippen molar-refractivity contribution >= 4 is 9.84 Å². The highest BCUT2D eigenvalue weighted by atomic mass is 32.2. The van der Waals surface area contributed by atoms with Gasteiger partial charge in [-0.1, -0.05) is 24.3 Å². The van der Waals surface area contributed by atoms with Crippen LogP contribution in [0.2, 0.25) is 0 Å². The van der Waals surface area contributed by atoms with Crippen molar-refractivity contribution in [1.29, 1.82) is 0 Å². The molecule has 1 atom stereocenters. The highest BCUT2D eigenvalue weighted by molar-refractivity contribution is 7.91. The van der Waals surface area contributed by atoms with E-state index in [0.29, 0.717) is 6.54 Å². The van der Waals surface area contributed by atoms with Crippen molar-refractivity contribution < 1.29 is 8.42 Å². The second-order valence-electron chi connectivity index (χ2n) is 4.70.